The van der Waals surface area contributed by atoms with Crippen LogP contribution in [0.4, 0.5) is 0 Å². The summed E-state index contributed by atoms with van der Waals surface area (Å²) >= 11 is 1.50. The van der Waals surface area contributed by atoms with Crippen molar-refractivity contribution in [3.63, 3.8) is 0 Å². The van der Waals surface area contributed by atoms with Crippen LogP contribution in [-0.2, 0) is 16.0 Å². The summed E-state index contributed by atoms with van der Waals surface area (Å²) in [7, 11) is 0. The second-order valence-electron chi connectivity index (χ2n) is 6.30. The minimum atomic E-state index is -0.797. The van der Waals surface area contributed by atoms with E-state index in [-0.39, 0.29) is 11.2 Å². The fourth-order valence-corrected chi connectivity index (χ4v) is 3.94. The molecule has 0 saturated carbocycles. The van der Waals surface area contributed by atoms with Gasteiger partial charge in [-0.15, -0.1) is 11.8 Å². The van der Waals surface area contributed by atoms with Gasteiger partial charge in [-0.25, -0.2) is 0 Å². The zero-order chi connectivity index (χ0) is 19.4. The van der Waals surface area contributed by atoms with Gasteiger partial charge in [-0.3, -0.25) is 20.4 Å². The molecule has 0 saturated heterocycles. The lowest BCUT2D eigenvalue weighted by Gasteiger charge is -2.16. The average molecular weight is 381 g/mol. The standard InChI is InChI=1S/C20H19N3O3S/c1-12-3-6-15-10-18(27-17(15)9-12)20(25)23-22-19(24)13(2)26-16-7-4-14(11-21)5-8-16/h3-9,13,18H,10H2,1-2H3,(H,22,24)(H,23,25)/t13-,18-/m0/s1. The summed E-state index contributed by atoms with van der Waals surface area (Å²) < 4.78 is 5.52. The average Bonchev–Trinajstić information content (AvgIpc) is 3.09. The van der Waals surface area contributed by atoms with Gasteiger partial charge in [0, 0.05) is 4.90 Å². The number of nitrogens with one attached hydrogen (secondary N) is 2. The van der Waals surface area contributed by atoms with Crippen LogP contribution in [0.3, 0.4) is 0 Å². The van der Waals surface area contributed by atoms with Crippen molar-refractivity contribution < 1.29 is 14.3 Å². The first-order valence-electron chi connectivity index (χ1n) is 8.49. The number of thioether (sulfide) groups is 1. The summed E-state index contributed by atoms with van der Waals surface area (Å²) in [5, 5.41) is 8.52. The number of hydrogen-bond acceptors (Lipinski definition) is 5. The molecule has 7 heteroatoms. The highest BCUT2D eigenvalue weighted by molar-refractivity contribution is 8.01. The number of hydrazine groups is 1. The third-order valence-corrected chi connectivity index (χ3v) is 5.46. The highest BCUT2D eigenvalue weighted by Gasteiger charge is 2.29. The number of benzene rings is 2. The van der Waals surface area contributed by atoms with Crippen molar-refractivity contribution in [2.24, 2.45) is 0 Å². The van der Waals surface area contributed by atoms with Crippen LogP contribution in [0, 0.1) is 18.3 Å². The zero-order valence-electron chi connectivity index (χ0n) is 15.0. The van der Waals surface area contributed by atoms with Gasteiger partial charge < -0.3 is 4.74 Å². The Morgan fingerprint density at radius 1 is 1.22 bits per heavy atom. The molecule has 2 amide bonds. The predicted octanol–water partition coefficient (Wildman–Crippen LogP) is 2.50. The fourth-order valence-electron chi connectivity index (χ4n) is 2.65. The van der Waals surface area contributed by atoms with Crippen LogP contribution >= 0.6 is 11.8 Å². The van der Waals surface area contributed by atoms with E-state index in [4.69, 9.17) is 10.00 Å². The summed E-state index contributed by atoms with van der Waals surface area (Å²) in [6.07, 6.45) is -0.159. The number of amides is 2. The molecule has 2 atom stereocenters. The monoisotopic (exact) mass is 381 g/mol. The van der Waals surface area contributed by atoms with Crippen molar-refractivity contribution in [2.75, 3.05) is 0 Å². The number of hydrogen-bond donors (Lipinski definition) is 2. The summed E-state index contributed by atoms with van der Waals surface area (Å²) in [5.74, 6) is -0.225. The van der Waals surface area contributed by atoms with Crippen LogP contribution in [-0.4, -0.2) is 23.2 Å². The Bertz CT molecular complexity index is 906. The molecule has 3 rings (SSSR count). The zero-order valence-corrected chi connectivity index (χ0v) is 15.8. The van der Waals surface area contributed by atoms with Gasteiger partial charge in [-0.1, -0.05) is 17.7 Å². The minimum Gasteiger partial charge on any atom is -0.481 e. The lowest BCUT2D eigenvalue weighted by Crippen LogP contribution is -2.49. The van der Waals surface area contributed by atoms with Crippen LogP contribution < -0.4 is 15.6 Å². The molecule has 2 aromatic rings. The van der Waals surface area contributed by atoms with Crippen LogP contribution in [0.1, 0.15) is 23.6 Å². The number of nitrogens with zero attached hydrogens (tertiary/aromatic N) is 1. The fraction of sp³-hybridized carbons (Fsp3) is 0.250. The summed E-state index contributed by atoms with van der Waals surface area (Å²) in [6, 6.07) is 14.6. The number of ether oxygens (including phenoxy) is 1. The highest BCUT2D eigenvalue weighted by Crippen LogP contribution is 2.37. The molecule has 0 aromatic heterocycles. The van der Waals surface area contributed by atoms with E-state index in [0.29, 0.717) is 17.7 Å². The molecule has 1 heterocycles. The Balaban J connectivity index is 1.48. The Morgan fingerprint density at radius 2 is 1.96 bits per heavy atom. The van der Waals surface area contributed by atoms with Gasteiger partial charge in [0.1, 0.15) is 5.75 Å². The molecule has 2 N–H and O–H groups in total. The Labute approximate surface area is 161 Å². The van der Waals surface area contributed by atoms with Crippen molar-refractivity contribution in [1.82, 2.24) is 10.9 Å². The lowest BCUT2D eigenvalue weighted by atomic mass is 10.1. The van der Waals surface area contributed by atoms with Crippen molar-refractivity contribution in [1.29, 1.82) is 5.26 Å². The molecule has 0 spiro atoms. The first kappa shape index (κ1) is 18.8. The predicted molar refractivity (Wildman–Crippen MR) is 102 cm³/mol. The van der Waals surface area contributed by atoms with Crippen LogP contribution in [0.2, 0.25) is 0 Å². The summed E-state index contributed by atoms with van der Waals surface area (Å²) in [4.78, 5) is 25.6. The maximum absolute atomic E-state index is 12.3. The number of fused-ring (bicyclic) bond motifs is 1. The Hall–Kier alpha value is -2.98. The number of aryl methyl sites for hydroxylation is 1. The van der Waals surface area contributed by atoms with E-state index < -0.39 is 12.0 Å². The van der Waals surface area contributed by atoms with Gasteiger partial charge >= 0.3 is 0 Å². The highest BCUT2D eigenvalue weighted by atomic mass is 32.2. The third-order valence-electron chi connectivity index (χ3n) is 4.16. The normalized spacial score (nSPS) is 16.0. The van der Waals surface area contributed by atoms with Gasteiger partial charge in [0.05, 0.1) is 16.9 Å². The van der Waals surface area contributed by atoms with E-state index in [9.17, 15) is 9.59 Å². The lowest BCUT2D eigenvalue weighted by molar-refractivity contribution is -0.132. The van der Waals surface area contributed by atoms with E-state index >= 15 is 0 Å². The molecule has 2 aromatic carbocycles. The topological polar surface area (TPSA) is 91.2 Å². The maximum Gasteiger partial charge on any atom is 0.279 e. The minimum absolute atomic E-state index is 0.243. The second-order valence-corrected chi connectivity index (χ2v) is 7.54. The van der Waals surface area contributed by atoms with E-state index in [0.717, 1.165) is 16.0 Å². The van der Waals surface area contributed by atoms with Gasteiger partial charge in [0.2, 0.25) is 0 Å². The quantitative estimate of drug-likeness (QED) is 0.794. The molecule has 0 fully saturated rings. The first-order chi connectivity index (χ1) is 13.0. The van der Waals surface area contributed by atoms with E-state index in [2.05, 4.69) is 16.9 Å². The molecule has 138 valence electrons. The molecular weight excluding hydrogens is 362 g/mol. The van der Waals surface area contributed by atoms with Crippen LogP contribution in [0.5, 0.6) is 5.75 Å². The number of rotatable bonds is 4. The molecular formula is C20H19N3O3S. The number of nitriles is 1. The molecule has 1 aliphatic rings. The van der Waals surface area contributed by atoms with Crippen LogP contribution in [0.15, 0.2) is 47.4 Å². The summed E-state index contributed by atoms with van der Waals surface area (Å²) in [5.41, 5.74) is 7.70. The van der Waals surface area contributed by atoms with Crippen molar-refractivity contribution in [3.05, 3.63) is 59.2 Å². The van der Waals surface area contributed by atoms with E-state index in [1.807, 2.05) is 25.1 Å². The molecule has 0 bridgehead atoms. The van der Waals surface area contributed by atoms with Crippen molar-refractivity contribution >= 4 is 23.6 Å². The smallest absolute Gasteiger partial charge is 0.279 e. The van der Waals surface area contributed by atoms with Gasteiger partial charge in [-0.2, -0.15) is 5.26 Å². The van der Waals surface area contributed by atoms with Gasteiger partial charge in [-0.05, 0) is 56.2 Å². The number of carbonyl (C=O) groups is 2. The largest absolute Gasteiger partial charge is 0.481 e. The second kappa shape index (κ2) is 8.14. The van der Waals surface area contributed by atoms with Gasteiger partial charge in [0.25, 0.3) is 11.8 Å². The van der Waals surface area contributed by atoms with E-state index in [1.165, 1.54) is 11.8 Å². The third kappa shape index (κ3) is 4.60. The Kier molecular flexibility index (Phi) is 5.67. The SMILES string of the molecule is Cc1ccc2c(c1)S[C@H](C(=O)NNC(=O)[C@H](C)Oc1ccc(C#N)cc1)C2. The molecule has 6 nitrogen and oxygen atoms in total. The molecule has 0 aliphatic carbocycles. The van der Waals surface area contributed by atoms with Crippen molar-refractivity contribution in [2.45, 2.75) is 36.5 Å². The first-order valence-corrected chi connectivity index (χ1v) is 9.37. The van der Waals surface area contributed by atoms with Crippen LogP contribution in [0.25, 0.3) is 0 Å². The maximum atomic E-state index is 12.3. The molecule has 1 aliphatic heterocycles. The Morgan fingerprint density at radius 3 is 2.67 bits per heavy atom. The van der Waals surface area contributed by atoms with Gasteiger partial charge in [0.15, 0.2) is 6.10 Å². The van der Waals surface area contributed by atoms with E-state index in [1.54, 1.807) is 31.2 Å². The summed E-state index contributed by atoms with van der Waals surface area (Å²) in [6.45, 7) is 3.60. The molecule has 27 heavy (non-hydrogen) atoms. The number of carbonyl (C=O) groups excluding carboxylic acids is 2. The van der Waals surface area contributed by atoms with Crippen molar-refractivity contribution in [3.8, 4) is 11.8 Å². The molecule has 0 unspecified atom stereocenters. The molecule has 0 radical (unpaired) electrons.